The van der Waals surface area contributed by atoms with E-state index in [2.05, 4.69) is 10.6 Å². The van der Waals surface area contributed by atoms with Gasteiger partial charge in [-0.3, -0.25) is 9.59 Å². The van der Waals surface area contributed by atoms with Crippen LogP contribution in [0.15, 0.2) is 18.2 Å². The van der Waals surface area contributed by atoms with Crippen molar-refractivity contribution in [1.82, 2.24) is 10.6 Å². The Morgan fingerprint density at radius 3 is 2.35 bits per heavy atom. The molecule has 0 aliphatic carbocycles. The molecule has 2 N–H and O–H groups in total. The first-order chi connectivity index (χ1) is 9.16. The molecule has 0 aliphatic rings. The molecule has 0 radical (unpaired) electrons. The number of carbonyl (C=O) groups excluding carboxylic acids is 2. The Morgan fingerprint density at radius 1 is 1.25 bits per heavy atom. The highest BCUT2D eigenvalue weighted by molar-refractivity contribution is 5.97. The summed E-state index contributed by atoms with van der Waals surface area (Å²) >= 11 is 0. The van der Waals surface area contributed by atoms with Gasteiger partial charge in [0.25, 0.3) is 5.91 Å². The molecule has 2 amide bonds. The summed E-state index contributed by atoms with van der Waals surface area (Å²) in [5, 5.41) is 4.48. The van der Waals surface area contributed by atoms with Gasteiger partial charge in [0, 0.05) is 12.6 Å². The topological polar surface area (TPSA) is 58.2 Å². The molecule has 1 unspecified atom stereocenters. The monoisotopic (exact) mass is 292 g/mol. The van der Waals surface area contributed by atoms with Gasteiger partial charge in [-0.05, 0) is 25.1 Å². The van der Waals surface area contributed by atoms with Gasteiger partial charge in [0.05, 0.1) is 5.56 Å². The van der Waals surface area contributed by atoms with Crippen molar-refractivity contribution in [2.75, 3.05) is 7.05 Å². The van der Waals surface area contributed by atoms with Crippen LogP contribution in [0.3, 0.4) is 0 Å². The first kappa shape index (κ1) is 15.9. The van der Waals surface area contributed by atoms with E-state index in [1.54, 1.807) is 0 Å². The zero-order chi connectivity index (χ0) is 15.5. The van der Waals surface area contributed by atoms with E-state index in [-0.39, 0.29) is 5.56 Å². The van der Waals surface area contributed by atoms with Gasteiger partial charge in [0.15, 0.2) is 0 Å². The van der Waals surface area contributed by atoms with Gasteiger partial charge in [-0.25, -0.2) is 4.39 Å². The van der Waals surface area contributed by atoms with Crippen LogP contribution in [-0.2, 0) is 11.0 Å². The third kappa shape index (κ3) is 3.69. The number of nitrogens with one attached hydrogen (secondary N) is 2. The smallest absolute Gasteiger partial charge is 0.357 e. The van der Waals surface area contributed by atoms with Gasteiger partial charge >= 0.3 is 6.18 Å². The zero-order valence-corrected chi connectivity index (χ0v) is 10.6. The molecule has 0 heterocycles. The summed E-state index contributed by atoms with van der Waals surface area (Å²) < 4.78 is 50.6. The Labute approximate surface area is 112 Å². The predicted octanol–water partition coefficient (Wildman–Crippen LogP) is 1.71. The van der Waals surface area contributed by atoms with Crippen molar-refractivity contribution in [2.45, 2.75) is 19.1 Å². The van der Waals surface area contributed by atoms with Crippen LogP contribution in [0.25, 0.3) is 0 Å². The lowest BCUT2D eigenvalue weighted by Gasteiger charge is -2.13. The molecule has 4 nitrogen and oxygen atoms in total. The van der Waals surface area contributed by atoms with Crippen LogP contribution >= 0.6 is 0 Å². The third-order valence-electron chi connectivity index (χ3n) is 2.52. The third-order valence-corrected chi connectivity index (χ3v) is 2.52. The van der Waals surface area contributed by atoms with Crippen LogP contribution in [0.1, 0.15) is 22.8 Å². The lowest BCUT2D eigenvalue weighted by atomic mass is 10.1. The van der Waals surface area contributed by atoms with Crippen molar-refractivity contribution in [2.24, 2.45) is 0 Å². The SMILES string of the molecule is CNC(=O)C(C)NC(=O)c1ccc(F)c(C(F)(F)F)c1. The number of carbonyl (C=O) groups is 2. The summed E-state index contributed by atoms with van der Waals surface area (Å²) in [4.78, 5) is 22.9. The van der Waals surface area contributed by atoms with E-state index in [1.165, 1.54) is 14.0 Å². The van der Waals surface area contributed by atoms with E-state index < -0.39 is 35.4 Å². The Balaban J connectivity index is 2.98. The van der Waals surface area contributed by atoms with Gasteiger partial charge in [-0.15, -0.1) is 0 Å². The van der Waals surface area contributed by atoms with Crippen molar-refractivity contribution < 1.29 is 27.2 Å². The van der Waals surface area contributed by atoms with Gasteiger partial charge < -0.3 is 10.6 Å². The molecule has 0 bridgehead atoms. The molecular weight excluding hydrogens is 280 g/mol. The van der Waals surface area contributed by atoms with Gasteiger partial charge in [-0.1, -0.05) is 0 Å². The molecule has 110 valence electrons. The summed E-state index contributed by atoms with van der Waals surface area (Å²) in [5.41, 5.74) is -1.91. The molecule has 0 spiro atoms. The second kappa shape index (κ2) is 5.89. The molecule has 20 heavy (non-hydrogen) atoms. The van der Waals surface area contributed by atoms with E-state index in [9.17, 15) is 27.2 Å². The van der Waals surface area contributed by atoms with Crippen molar-refractivity contribution in [3.8, 4) is 0 Å². The Morgan fingerprint density at radius 2 is 1.85 bits per heavy atom. The van der Waals surface area contributed by atoms with E-state index >= 15 is 0 Å². The summed E-state index contributed by atoms with van der Waals surface area (Å²) in [6, 6.07) is 0.951. The Hall–Kier alpha value is -2.12. The van der Waals surface area contributed by atoms with Crippen LogP contribution < -0.4 is 10.6 Å². The van der Waals surface area contributed by atoms with Crippen LogP contribution in [0.5, 0.6) is 0 Å². The largest absolute Gasteiger partial charge is 0.419 e. The second-order valence-electron chi connectivity index (χ2n) is 4.00. The fourth-order valence-corrected chi connectivity index (χ4v) is 1.45. The lowest BCUT2D eigenvalue weighted by Crippen LogP contribution is -2.43. The van der Waals surface area contributed by atoms with Crippen molar-refractivity contribution >= 4 is 11.8 Å². The van der Waals surface area contributed by atoms with Crippen LogP contribution in [0, 0.1) is 5.82 Å². The highest BCUT2D eigenvalue weighted by Crippen LogP contribution is 2.31. The maximum atomic E-state index is 13.1. The molecule has 0 saturated carbocycles. The van der Waals surface area contributed by atoms with Crippen molar-refractivity contribution in [1.29, 1.82) is 0 Å². The second-order valence-corrected chi connectivity index (χ2v) is 4.00. The molecule has 0 saturated heterocycles. The molecule has 1 aromatic rings. The lowest BCUT2D eigenvalue weighted by molar-refractivity contribution is -0.140. The minimum atomic E-state index is -4.90. The first-order valence-corrected chi connectivity index (χ1v) is 5.56. The minimum absolute atomic E-state index is 0.380. The Bertz CT molecular complexity index is 529. The maximum absolute atomic E-state index is 13.1. The average Bonchev–Trinajstić information content (AvgIpc) is 2.36. The van der Waals surface area contributed by atoms with Crippen molar-refractivity contribution in [3.05, 3.63) is 35.1 Å². The number of amides is 2. The van der Waals surface area contributed by atoms with E-state index in [4.69, 9.17) is 0 Å². The highest BCUT2D eigenvalue weighted by Gasteiger charge is 2.34. The molecule has 1 aromatic carbocycles. The number of benzene rings is 1. The van der Waals surface area contributed by atoms with E-state index in [0.29, 0.717) is 12.1 Å². The average molecular weight is 292 g/mol. The highest BCUT2D eigenvalue weighted by atomic mass is 19.4. The number of rotatable bonds is 3. The quantitative estimate of drug-likeness (QED) is 0.833. The van der Waals surface area contributed by atoms with Gasteiger partial charge in [-0.2, -0.15) is 13.2 Å². The molecular formula is C12H12F4N2O2. The molecule has 1 rings (SSSR count). The van der Waals surface area contributed by atoms with Crippen molar-refractivity contribution in [3.63, 3.8) is 0 Å². The maximum Gasteiger partial charge on any atom is 0.419 e. The van der Waals surface area contributed by atoms with Gasteiger partial charge in [0.1, 0.15) is 11.9 Å². The number of hydrogen-bond donors (Lipinski definition) is 2. The molecule has 1 atom stereocenters. The zero-order valence-electron chi connectivity index (χ0n) is 10.6. The van der Waals surface area contributed by atoms with Crippen LogP contribution in [0.4, 0.5) is 17.6 Å². The molecule has 0 fully saturated rings. The summed E-state index contributed by atoms with van der Waals surface area (Å²) in [5.74, 6) is -2.86. The minimum Gasteiger partial charge on any atom is -0.357 e. The summed E-state index contributed by atoms with van der Waals surface area (Å²) in [6.07, 6.45) is -4.90. The first-order valence-electron chi connectivity index (χ1n) is 5.56. The number of alkyl halides is 3. The summed E-state index contributed by atoms with van der Waals surface area (Å²) in [7, 11) is 1.35. The molecule has 8 heteroatoms. The normalized spacial score (nSPS) is 12.7. The van der Waals surface area contributed by atoms with E-state index in [1.807, 2.05) is 0 Å². The number of likely N-dealkylation sites (N-methyl/N-ethyl adjacent to an activating group) is 1. The molecule has 0 aliphatic heterocycles. The van der Waals surface area contributed by atoms with Crippen LogP contribution in [0.2, 0.25) is 0 Å². The standard InChI is InChI=1S/C12H12F4N2O2/c1-6(10(19)17-2)18-11(20)7-3-4-9(13)8(5-7)12(14,15)16/h3-6H,1-2H3,(H,17,19)(H,18,20). The number of hydrogen-bond acceptors (Lipinski definition) is 2. The Kier molecular flexibility index (Phi) is 4.69. The van der Waals surface area contributed by atoms with Gasteiger partial charge in [0.2, 0.25) is 5.91 Å². The fraction of sp³-hybridized carbons (Fsp3) is 0.333. The molecule has 0 aromatic heterocycles. The van der Waals surface area contributed by atoms with E-state index in [0.717, 1.165) is 6.07 Å². The summed E-state index contributed by atoms with van der Waals surface area (Å²) in [6.45, 7) is 1.37. The fourth-order valence-electron chi connectivity index (χ4n) is 1.45. The predicted molar refractivity (Wildman–Crippen MR) is 62.4 cm³/mol. The number of halogens is 4. The van der Waals surface area contributed by atoms with Crippen LogP contribution in [-0.4, -0.2) is 24.9 Å².